The van der Waals surface area contributed by atoms with E-state index in [1.165, 1.54) is 6.26 Å². The molecule has 0 saturated heterocycles. The van der Waals surface area contributed by atoms with Crippen LogP contribution < -0.4 is 4.74 Å². The second-order valence-electron chi connectivity index (χ2n) is 3.47. The van der Waals surface area contributed by atoms with Crippen LogP contribution in [-0.2, 0) is 0 Å². The summed E-state index contributed by atoms with van der Waals surface area (Å²) in [6, 6.07) is 16.9. The molecule has 2 rings (SSSR count). The first-order valence-corrected chi connectivity index (χ1v) is 5.46. The lowest BCUT2D eigenvalue weighted by Gasteiger charge is -1.98. The molecule has 88 valence electrons. The lowest BCUT2D eigenvalue weighted by Crippen LogP contribution is -1.78. The van der Waals surface area contributed by atoms with Gasteiger partial charge in [0.25, 0.3) is 0 Å². The summed E-state index contributed by atoms with van der Waals surface area (Å²) in [6.45, 7) is 3.42. The molecule has 0 heterocycles. The van der Waals surface area contributed by atoms with Gasteiger partial charge in [-0.2, -0.15) is 10.2 Å². The molecule has 0 atom stereocenters. The van der Waals surface area contributed by atoms with Crippen LogP contribution in [0.5, 0.6) is 5.75 Å². The number of azo groups is 1. The molecule has 0 unspecified atom stereocenters. The van der Waals surface area contributed by atoms with Crippen LogP contribution in [0.25, 0.3) is 0 Å². The summed E-state index contributed by atoms with van der Waals surface area (Å²) in [5.74, 6) is 0.713. The normalized spacial score (nSPS) is 10.0. The molecule has 0 aromatic heterocycles. The molecular formula is C15H12N2O. The van der Waals surface area contributed by atoms with Crippen LogP contribution in [0.15, 0.2) is 83.4 Å². The van der Waals surface area contributed by atoms with Crippen molar-refractivity contribution in [1.82, 2.24) is 0 Å². The number of nitrogens with zero attached hydrogens (tertiary/aromatic N) is 2. The lowest BCUT2D eigenvalue weighted by molar-refractivity contribution is 0.482. The van der Waals surface area contributed by atoms with Gasteiger partial charge in [0.15, 0.2) is 0 Å². The molecule has 3 heteroatoms. The fourth-order valence-corrected chi connectivity index (χ4v) is 1.31. The second kappa shape index (κ2) is 6.18. The van der Waals surface area contributed by atoms with Crippen LogP contribution in [0.1, 0.15) is 0 Å². The molecule has 0 aliphatic carbocycles. The van der Waals surface area contributed by atoms with Gasteiger partial charge >= 0.3 is 0 Å². The van der Waals surface area contributed by atoms with Crippen molar-refractivity contribution in [2.45, 2.75) is 0 Å². The third kappa shape index (κ3) is 3.44. The summed E-state index contributed by atoms with van der Waals surface area (Å²) in [4.78, 5) is 0. The lowest BCUT2D eigenvalue weighted by atomic mass is 10.3. The zero-order valence-electron chi connectivity index (χ0n) is 9.78. The number of hydrogen-bond donors (Lipinski definition) is 0. The largest absolute Gasteiger partial charge is 0.457 e. The molecule has 3 nitrogen and oxygen atoms in total. The number of ether oxygens (including phenoxy) is 1. The molecule has 18 heavy (non-hydrogen) atoms. The van der Waals surface area contributed by atoms with Crippen LogP contribution in [0.4, 0.5) is 11.4 Å². The predicted octanol–water partition coefficient (Wildman–Crippen LogP) is 4.78. The maximum Gasteiger partial charge on any atom is 0.133 e. The highest BCUT2D eigenvalue weighted by atomic mass is 16.5. The minimum absolute atomic E-state index is 0.713. The number of rotatable bonds is 4. The topological polar surface area (TPSA) is 34.0 Å². The van der Waals surface area contributed by atoms with Gasteiger partial charge in [-0.25, -0.2) is 0 Å². The molecule has 0 amide bonds. The van der Waals surface area contributed by atoms with E-state index >= 15 is 0 Å². The zero-order valence-corrected chi connectivity index (χ0v) is 9.78. The van der Waals surface area contributed by atoms with E-state index in [2.05, 4.69) is 22.5 Å². The van der Waals surface area contributed by atoms with Crippen molar-refractivity contribution in [3.05, 3.63) is 73.2 Å². The molecule has 0 radical (unpaired) electrons. The standard InChI is InChI=1S/C15H12N2O/c1-2-12-18-15-10-8-14(9-11-15)17-16-13-6-4-3-5-7-13/h3-12H,1H2. The highest BCUT2D eigenvalue weighted by molar-refractivity contribution is 5.42. The van der Waals surface area contributed by atoms with Crippen molar-refractivity contribution in [3.63, 3.8) is 0 Å². The van der Waals surface area contributed by atoms with Crippen molar-refractivity contribution >= 4 is 11.4 Å². The third-order valence-corrected chi connectivity index (χ3v) is 2.15. The summed E-state index contributed by atoms with van der Waals surface area (Å²) in [5.41, 5.74) is 4.14. The Balaban J connectivity index is 2.06. The van der Waals surface area contributed by atoms with E-state index < -0.39 is 0 Å². The predicted molar refractivity (Wildman–Crippen MR) is 71.4 cm³/mol. The van der Waals surface area contributed by atoms with Crippen molar-refractivity contribution in [1.29, 1.82) is 0 Å². The molecule has 0 spiro atoms. The minimum atomic E-state index is 0.713. The van der Waals surface area contributed by atoms with Crippen molar-refractivity contribution in [2.24, 2.45) is 10.2 Å². The maximum atomic E-state index is 5.20. The van der Waals surface area contributed by atoms with Crippen LogP contribution >= 0.6 is 0 Å². The monoisotopic (exact) mass is 236 g/mol. The molecule has 0 bridgehead atoms. The van der Waals surface area contributed by atoms with Gasteiger partial charge in [0, 0.05) is 0 Å². The van der Waals surface area contributed by atoms with E-state index in [1.54, 1.807) is 0 Å². The molecule has 0 aliphatic rings. The molecule has 0 N–H and O–H groups in total. The minimum Gasteiger partial charge on any atom is -0.457 e. The summed E-state index contributed by atoms with van der Waals surface area (Å²) in [6.07, 6.45) is 1.40. The molecule has 2 aromatic carbocycles. The van der Waals surface area contributed by atoms with Crippen LogP contribution in [0.3, 0.4) is 0 Å². The molecule has 0 fully saturated rings. The summed E-state index contributed by atoms with van der Waals surface area (Å²) in [7, 11) is 0. The molecular weight excluding hydrogens is 224 g/mol. The Morgan fingerprint density at radius 2 is 1.50 bits per heavy atom. The van der Waals surface area contributed by atoms with Crippen molar-refractivity contribution in [2.75, 3.05) is 0 Å². The number of benzene rings is 2. The van der Waals surface area contributed by atoms with Gasteiger partial charge in [0.1, 0.15) is 12.0 Å². The quantitative estimate of drug-likeness (QED) is 0.427. The fraction of sp³-hybridized carbons (Fsp3) is 0. The fourth-order valence-electron chi connectivity index (χ4n) is 1.31. The highest BCUT2D eigenvalue weighted by Crippen LogP contribution is 2.21. The number of hydrogen-bond acceptors (Lipinski definition) is 3. The van der Waals surface area contributed by atoms with E-state index in [1.807, 2.05) is 54.6 Å². The first-order chi connectivity index (χ1) is 8.88. The Bertz CT molecular complexity index is 567. The van der Waals surface area contributed by atoms with Gasteiger partial charge in [-0.05, 0) is 36.4 Å². The Morgan fingerprint density at radius 3 is 2.11 bits per heavy atom. The Hall–Kier alpha value is -2.64. The average Bonchev–Trinajstić information content (AvgIpc) is 2.45. The van der Waals surface area contributed by atoms with Gasteiger partial charge in [-0.3, -0.25) is 0 Å². The van der Waals surface area contributed by atoms with Gasteiger partial charge in [-0.1, -0.05) is 30.5 Å². The van der Waals surface area contributed by atoms with Crippen LogP contribution in [0.2, 0.25) is 0 Å². The first kappa shape index (κ1) is 11.8. The SMILES string of the molecule is C=C=COc1ccc(N=Nc2ccccc2)cc1. The maximum absolute atomic E-state index is 5.20. The molecule has 0 saturated carbocycles. The smallest absolute Gasteiger partial charge is 0.133 e. The van der Waals surface area contributed by atoms with Crippen molar-refractivity contribution in [3.8, 4) is 5.75 Å². The summed E-state index contributed by atoms with van der Waals surface area (Å²) in [5, 5.41) is 8.25. The van der Waals surface area contributed by atoms with E-state index in [0.717, 1.165) is 11.4 Å². The third-order valence-electron chi connectivity index (χ3n) is 2.15. The average molecular weight is 236 g/mol. The van der Waals surface area contributed by atoms with E-state index in [4.69, 9.17) is 4.74 Å². The van der Waals surface area contributed by atoms with Crippen LogP contribution in [-0.4, -0.2) is 0 Å². The zero-order chi connectivity index (χ0) is 12.6. The van der Waals surface area contributed by atoms with E-state index in [9.17, 15) is 0 Å². The summed E-state index contributed by atoms with van der Waals surface area (Å²) < 4.78 is 5.20. The van der Waals surface area contributed by atoms with E-state index in [0.29, 0.717) is 5.75 Å². The second-order valence-corrected chi connectivity index (χ2v) is 3.47. The highest BCUT2D eigenvalue weighted by Gasteiger charge is 1.92. The van der Waals surface area contributed by atoms with Crippen LogP contribution in [0, 0.1) is 0 Å². The molecule has 0 aliphatic heterocycles. The Morgan fingerprint density at radius 1 is 0.889 bits per heavy atom. The van der Waals surface area contributed by atoms with Crippen molar-refractivity contribution < 1.29 is 4.74 Å². The van der Waals surface area contributed by atoms with E-state index in [-0.39, 0.29) is 0 Å². The first-order valence-electron chi connectivity index (χ1n) is 5.46. The Kier molecular flexibility index (Phi) is 4.07. The van der Waals surface area contributed by atoms with Gasteiger partial charge in [0.05, 0.1) is 11.4 Å². The van der Waals surface area contributed by atoms with Gasteiger partial charge < -0.3 is 4.74 Å². The van der Waals surface area contributed by atoms with Gasteiger partial charge in [0.2, 0.25) is 0 Å². The summed E-state index contributed by atoms with van der Waals surface area (Å²) >= 11 is 0. The molecule has 2 aromatic rings. The Labute approximate surface area is 106 Å². The van der Waals surface area contributed by atoms with Gasteiger partial charge in [-0.15, -0.1) is 0 Å².